The number of nitrogens with one attached hydrogen (secondary N) is 1. The second kappa shape index (κ2) is 6.39. The van der Waals surface area contributed by atoms with E-state index in [0.29, 0.717) is 40.1 Å². The molecule has 1 aromatic carbocycles. The first kappa shape index (κ1) is 15.5. The highest BCUT2D eigenvalue weighted by Crippen LogP contribution is 2.27. The van der Waals surface area contributed by atoms with Gasteiger partial charge in [0.15, 0.2) is 17.0 Å². The van der Waals surface area contributed by atoms with Gasteiger partial charge in [-0.05, 0) is 18.2 Å². The average molecular weight is 352 g/mol. The number of carboxylic acid groups (broad SMARTS) is 1. The second-order valence-electron chi connectivity index (χ2n) is 4.64. The van der Waals surface area contributed by atoms with E-state index in [0.717, 1.165) is 0 Å². The molecular weight excluding hydrogens is 341 g/mol. The summed E-state index contributed by atoms with van der Waals surface area (Å²) in [5.74, 6) is -0.245. The predicted molar refractivity (Wildman–Crippen MR) is 87.7 cm³/mol. The third-order valence-corrected chi connectivity index (χ3v) is 3.60. The molecule has 0 unspecified atom stereocenters. The summed E-state index contributed by atoms with van der Waals surface area (Å²) in [7, 11) is 0. The Morgan fingerprint density at radius 2 is 2.13 bits per heavy atom. The van der Waals surface area contributed by atoms with Crippen LogP contribution in [0, 0.1) is 0 Å². The highest BCUT2D eigenvalue weighted by molar-refractivity contribution is 6.31. The zero-order chi connectivity index (χ0) is 16.4. The van der Waals surface area contributed by atoms with E-state index in [1.54, 1.807) is 10.9 Å². The van der Waals surface area contributed by atoms with Crippen molar-refractivity contribution in [3.05, 3.63) is 41.4 Å². The SMILES string of the molecule is O=C(O)c1ccc(Cl)cc1Nc1ncnc2c1ncn2CCCl. The van der Waals surface area contributed by atoms with Gasteiger partial charge in [0.05, 0.1) is 17.6 Å². The van der Waals surface area contributed by atoms with Gasteiger partial charge in [0.25, 0.3) is 0 Å². The lowest BCUT2D eigenvalue weighted by atomic mass is 10.2. The van der Waals surface area contributed by atoms with Crippen molar-refractivity contribution in [1.82, 2.24) is 19.5 Å². The van der Waals surface area contributed by atoms with Crippen LogP contribution in [-0.2, 0) is 6.54 Å². The van der Waals surface area contributed by atoms with Crippen molar-refractivity contribution in [2.24, 2.45) is 0 Å². The molecule has 3 aromatic rings. The van der Waals surface area contributed by atoms with Crippen LogP contribution in [0.1, 0.15) is 10.4 Å². The number of alkyl halides is 1. The zero-order valence-corrected chi connectivity index (χ0v) is 13.2. The first-order valence-electron chi connectivity index (χ1n) is 6.62. The van der Waals surface area contributed by atoms with Gasteiger partial charge in [-0.1, -0.05) is 11.6 Å². The minimum Gasteiger partial charge on any atom is -0.478 e. The molecule has 0 radical (unpaired) electrons. The summed E-state index contributed by atoms with van der Waals surface area (Å²) in [6.07, 6.45) is 2.99. The van der Waals surface area contributed by atoms with Crippen LogP contribution < -0.4 is 5.32 Å². The minimum atomic E-state index is -1.07. The van der Waals surface area contributed by atoms with Crippen LogP contribution >= 0.6 is 23.2 Å². The topological polar surface area (TPSA) is 92.9 Å². The van der Waals surface area contributed by atoms with E-state index >= 15 is 0 Å². The molecule has 0 bridgehead atoms. The van der Waals surface area contributed by atoms with E-state index in [1.165, 1.54) is 24.5 Å². The van der Waals surface area contributed by atoms with Gasteiger partial charge in [-0.25, -0.2) is 19.7 Å². The number of carbonyl (C=O) groups is 1. The predicted octanol–water partition coefficient (Wildman–Crippen LogP) is 3.16. The fraction of sp³-hybridized carbons (Fsp3) is 0.143. The third-order valence-electron chi connectivity index (χ3n) is 3.19. The van der Waals surface area contributed by atoms with E-state index < -0.39 is 5.97 Å². The lowest BCUT2D eigenvalue weighted by molar-refractivity contribution is 0.0698. The molecule has 0 spiro atoms. The molecule has 3 rings (SSSR count). The van der Waals surface area contributed by atoms with Gasteiger partial charge in [-0.3, -0.25) is 0 Å². The maximum absolute atomic E-state index is 11.3. The summed E-state index contributed by atoms with van der Waals surface area (Å²) in [6, 6.07) is 4.47. The highest BCUT2D eigenvalue weighted by Gasteiger charge is 2.15. The molecule has 2 N–H and O–H groups in total. The zero-order valence-electron chi connectivity index (χ0n) is 11.7. The molecule has 0 atom stereocenters. The first-order chi connectivity index (χ1) is 11.1. The Hall–Kier alpha value is -2.38. The van der Waals surface area contributed by atoms with Gasteiger partial charge in [0, 0.05) is 17.4 Å². The molecular formula is C14H11Cl2N5O2. The van der Waals surface area contributed by atoms with Crippen molar-refractivity contribution >= 4 is 51.8 Å². The van der Waals surface area contributed by atoms with Crippen LogP contribution in [-0.4, -0.2) is 36.5 Å². The molecule has 0 aliphatic carbocycles. The van der Waals surface area contributed by atoms with E-state index in [1.807, 2.05) is 0 Å². The van der Waals surface area contributed by atoms with Gasteiger partial charge >= 0.3 is 5.97 Å². The highest BCUT2D eigenvalue weighted by atomic mass is 35.5. The van der Waals surface area contributed by atoms with Crippen LogP contribution in [0.3, 0.4) is 0 Å². The first-order valence-corrected chi connectivity index (χ1v) is 7.53. The number of rotatable bonds is 5. The summed E-state index contributed by atoms with van der Waals surface area (Å²) < 4.78 is 1.80. The molecule has 23 heavy (non-hydrogen) atoms. The van der Waals surface area contributed by atoms with E-state index in [4.69, 9.17) is 23.2 Å². The Morgan fingerprint density at radius 1 is 1.30 bits per heavy atom. The molecule has 9 heteroatoms. The van der Waals surface area contributed by atoms with Crippen molar-refractivity contribution in [1.29, 1.82) is 0 Å². The molecule has 7 nitrogen and oxygen atoms in total. The van der Waals surface area contributed by atoms with Crippen LogP contribution in [0.25, 0.3) is 11.2 Å². The Morgan fingerprint density at radius 3 is 2.87 bits per heavy atom. The monoisotopic (exact) mass is 351 g/mol. The van der Waals surface area contributed by atoms with Gasteiger partial charge in [0.1, 0.15) is 6.33 Å². The Bertz CT molecular complexity index is 881. The Kier molecular flexibility index (Phi) is 4.31. The number of fused-ring (bicyclic) bond motifs is 1. The number of halogens is 2. The number of benzene rings is 1. The number of aryl methyl sites for hydroxylation is 1. The van der Waals surface area contributed by atoms with Crippen LogP contribution in [0.4, 0.5) is 11.5 Å². The number of hydrogen-bond donors (Lipinski definition) is 2. The summed E-state index contributed by atoms with van der Waals surface area (Å²) >= 11 is 11.7. The molecule has 0 saturated carbocycles. The number of anilines is 2. The van der Waals surface area contributed by atoms with Crippen molar-refractivity contribution in [2.45, 2.75) is 6.54 Å². The van der Waals surface area contributed by atoms with Crippen LogP contribution in [0.5, 0.6) is 0 Å². The van der Waals surface area contributed by atoms with E-state index in [-0.39, 0.29) is 5.56 Å². The summed E-state index contributed by atoms with van der Waals surface area (Å²) in [6.45, 7) is 0.562. The van der Waals surface area contributed by atoms with Crippen molar-refractivity contribution < 1.29 is 9.90 Å². The molecule has 2 heterocycles. The normalized spacial score (nSPS) is 10.9. The minimum absolute atomic E-state index is 0.0846. The Labute approximate surface area is 140 Å². The summed E-state index contributed by atoms with van der Waals surface area (Å²) in [4.78, 5) is 23.9. The molecule has 0 aliphatic rings. The maximum Gasteiger partial charge on any atom is 0.337 e. The molecule has 0 saturated heterocycles. The molecule has 0 aliphatic heterocycles. The lowest BCUT2D eigenvalue weighted by Crippen LogP contribution is -2.05. The van der Waals surface area contributed by atoms with Gasteiger partial charge in [-0.15, -0.1) is 11.6 Å². The third kappa shape index (κ3) is 3.06. The van der Waals surface area contributed by atoms with Gasteiger partial charge in [0.2, 0.25) is 0 Å². The second-order valence-corrected chi connectivity index (χ2v) is 5.46. The fourth-order valence-electron chi connectivity index (χ4n) is 2.16. The number of hydrogen-bond acceptors (Lipinski definition) is 5. The number of aromatic carboxylic acids is 1. The van der Waals surface area contributed by atoms with Crippen LogP contribution in [0.15, 0.2) is 30.9 Å². The lowest BCUT2D eigenvalue weighted by Gasteiger charge is -2.09. The quantitative estimate of drug-likeness (QED) is 0.685. The summed E-state index contributed by atoms with van der Waals surface area (Å²) in [5.41, 5.74) is 1.55. The average Bonchev–Trinajstić information content (AvgIpc) is 2.92. The summed E-state index contributed by atoms with van der Waals surface area (Å²) in [5, 5.41) is 12.7. The molecule has 0 amide bonds. The Balaban J connectivity index is 2.06. The number of imidazole rings is 1. The number of nitrogens with zero attached hydrogens (tertiary/aromatic N) is 4. The number of carboxylic acids is 1. The van der Waals surface area contributed by atoms with Crippen molar-refractivity contribution in [3.8, 4) is 0 Å². The van der Waals surface area contributed by atoms with Gasteiger partial charge < -0.3 is 15.0 Å². The smallest absolute Gasteiger partial charge is 0.337 e. The van der Waals surface area contributed by atoms with Crippen molar-refractivity contribution in [3.63, 3.8) is 0 Å². The maximum atomic E-state index is 11.3. The fourth-order valence-corrected chi connectivity index (χ4v) is 2.51. The molecule has 118 valence electrons. The van der Waals surface area contributed by atoms with E-state index in [9.17, 15) is 9.90 Å². The molecule has 2 aromatic heterocycles. The van der Waals surface area contributed by atoms with Gasteiger partial charge in [-0.2, -0.15) is 0 Å². The van der Waals surface area contributed by atoms with Crippen LogP contribution in [0.2, 0.25) is 5.02 Å². The standard InChI is InChI=1S/C14H11Cl2N5O2/c15-3-4-21-7-19-11-12(17-6-18-13(11)21)20-10-5-8(16)1-2-9(10)14(22)23/h1-2,5-7H,3-4H2,(H,22,23)(H,17,18,20). The van der Waals surface area contributed by atoms with E-state index in [2.05, 4.69) is 20.3 Å². The molecule has 0 fully saturated rings. The van der Waals surface area contributed by atoms with Crippen molar-refractivity contribution in [2.75, 3.05) is 11.2 Å². The number of aromatic nitrogens is 4. The largest absolute Gasteiger partial charge is 0.478 e.